The number of hydrogen-bond acceptors (Lipinski definition) is 12. The van der Waals surface area contributed by atoms with Gasteiger partial charge in [0, 0.05) is 49.3 Å². The van der Waals surface area contributed by atoms with Crippen LogP contribution in [-0.4, -0.2) is 227 Å². The third-order valence-electron chi connectivity index (χ3n) is 16.1. The summed E-state index contributed by atoms with van der Waals surface area (Å²) in [6.45, 7) is 27.1. The molecule has 1 saturated heterocycles. The minimum atomic E-state index is -1.61. The topological polar surface area (TPSA) is 279 Å². The summed E-state index contributed by atoms with van der Waals surface area (Å²) in [5.41, 5.74) is 0. The largest absolute Gasteiger partial charge is 0.390 e. The van der Waals surface area contributed by atoms with E-state index in [1.54, 1.807) is 53.7 Å². The number of hydrogen-bond donors (Lipinski definition) is 5. The van der Waals surface area contributed by atoms with Crippen LogP contribution in [-0.2, 0) is 52.7 Å². The summed E-state index contributed by atoms with van der Waals surface area (Å²) in [4.78, 5) is 167. The first kappa shape index (κ1) is 74.9. The zero-order chi connectivity index (χ0) is 64.4. The minimum Gasteiger partial charge on any atom is -0.390 e. The number of nitrogens with one attached hydrogen (secondary N) is 4. The number of allylic oxidation sites excluding steroid dienone is 2. The minimum absolute atomic E-state index is 0.0236. The van der Waals surface area contributed by atoms with Crippen molar-refractivity contribution in [1.29, 1.82) is 0 Å². The predicted octanol–water partition coefficient (Wildman–Crippen LogP) is 2.63. The Morgan fingerprint density at radius 1 is 0.494 bits per heavy atom. The Morgan fingerprint density at radius 3 is 1.42 bits per heavy atom. The Balaban J connectivity index is 4.26. The zero-order valence-corrected chi connectivity index (χ0v) is 54.5. The van der Waals surface area contributed by atoms with Crippen LogP contribution in [0, 0.1) is 35.5 Å². The van der Waals surface area contributed by atoms with E-state index in [0.717, 1.165) is 14.7 Å². The number of aliphatic hydroxyl groups is 1. The monoisotopic (exact) mass is 1170 g/mol. The van der Waals surface area contributed by atoms with Crippen molar-refractivity contribution in [2.45, 2.75) is 216 Å². The summed E-state index contributed by atoms with van der Waals surface area (Å²) in [5, 5.41) is 22.9. The molecule has 1 heterocycles. The Kier molecular flexibility index (Phi) is 30.7. The lowest BCUT2D eigenvalue weighted by Gasteiger charge is -2.41. The maximum absolute atomic E-state index is 15.1. The third kappa shape index (κ3) is 20.6. The first-order valence-corrected chi connectivity index (χ1v) is 29.7. The van der Waals surface area contributed by atoms with Crippen molar-refractivity contribution in [2.24, 2.45) is 35.5 Å². The number of likely N-dealkylation sites (N-methyl/N-ethyl adjacent to an activating group) is 7. The molecule has 0 aromatic rings. The van der Waals surface area contributed by atoms with Gasteiger partial charge in [-0.15, -0.1) is 0 Å². The van der Waals surface area contributed by atoms with Gasteiger partial charge in [0.1, 0.15) is 60.4 Å². The predicted molar refractivity (Wildman–Crippen MR) is 319 cm³/mol. The molecule has 23 heteroatoms. The Hall–Kier alpha value is -6.13. The van der Waals surface area contributed by atoms with Gasteiger partial charge in [-0.2, -0.15) is 0 Å². The highest BCUT2D eigenvalue weighted by Gasteiger charge is 2.45. The molecule has 83 heavy (non-hydrogen) atoms. The maximum atomic E-state index is 15.1. The second kappa shape index (κ2) is 34.0. The molecule has 474 valence electrons. The molecule has 23 nitrogen and oxygen atoms in total. The standard InChI is InChI=1S/C60H107N11O12/c1-24-27-28-38(13)50(73)49-54(77)63-42(26-3)56(79)65(17)32-46(72)69(21)48(37(12)25-2)53(76)64-43(29-33(4)5)57(80)66(18)41(16)52(75)61-39(14)51(74)62-40(15)55(78)67(19)44(30-34(6)7)58(81)68(20)45(31-35(8)9)59(82)70(22)47(36(10)11)60(83)71(49)23/h24,27,33-45,47-50,73H,25-26,28-32H2,1-23H3,(H,61,75)(H,62,74)(H,63,77)(H,64,76)/b27-24+/t37?,38-,39+,40-,41+,42+,43+,44+,45-,47+,48?,49+,50-/m1/s1. The number of carbonyl (C=O) groups excluding carboxylic acids is 11. The maximum Gasteiger partial charge on any atom is 0.246 e. The van der Waals surface area contributed by atoms with Gasteiger partial charge in [0.15, 0.2) is 0 Å². The molecule has 0 aliphatic carbocycles. The van der Waals surface area contributed by atoms with Crippen molar-refractivity contribution in [3.8, 4) is 0 Å². The van der Waals surface area contributed by atoms with Crippen molar-refractivity contribution in [2.75, 3.05) is 55.9 Å². The Labute approximate surface area is 496 Å². The number of carbonyl (C=O) groups is 11. The molecule has 0 radical (unpaired) electrons. The molecule has 1 rings (SSSR count). The quantitative estimate of drug-likeness (QED) is 0.157. The molecule has 0 bridgehead atoms. The SMILES string of the molecule is C/C=C/C[C@@H](C)[C@@H](O)[C@H]1C(=O)N[C@@H](CC)C(=O)N(C)CC(=O)N(C)C(C(C)CC)C(=O)N[C@@H](CC(C)C)C(=O)N(C)[C@@H](C)C(=O)N[C@@H](C)C(=O)N[C@H](C)C(=O)N(C)[C@@H](CC(C)C)C(=O)N(C)[C@H](CC(C)C)C(=O)N(C)[C@@H](C(C)C)C(=O)N1C. The van der Waals surface area contributed by atoms with E-state index in [1.165, 1.54) is 89.7 Å². The van der Waals surface area contributed by atoms with Gasteiger partial charge in [-0.3, -0.25) is 52.7 Å². The van der Waals surface area contributed by atoms with Crippen LogP contribution in [0.4, 0.5) is 0 Å². The number of nitrogens with zero attached hydrogens (tertiary/aromatic N) is 7. The summed E-state index contributed by atoms with van der Waals surface area (Å²) < 4.78 is 0. The molecule has 2 unspecified atom stereocenters. The van der Waals surface area contributed by atoms with Crippen LogP contribution in [0.1, 0.15) is 149 Å². The second-order valence-electron chi connectivity index (χ2n) is 24.8. The molecule has 1 fully saturated rings. The van der Waals surface area contributed by atoms with Crippen LogP contribution in [0.25, 0.3) is 0 Å². The highest BCUT2D eigenvalue weighted by molar-refractivity contribution is 5.99. The zero-order valence-electron chi connectivity index (χ0n) is 54.5. The van der Waals surface area contributed by atoms with Crippen LogP contribution in [0.2, 0.25) is 0 Å². The van der Waals surface area contributed by atoms with Crippen molar-refractivity contribution >= 4 is 65.0 Å². The third-order valence-corrected chi connectivity index (χ3v) is 16.1. The second-order valence-corrected chi connectivity index (χ2v) is 24.8. The highest BCUT2D eigenvalue weighted by atomic mass is 16.3. The van der Waals surface area contributed by atoms with Crippen molar-refractivity contribution < 1.29 is 57.8 Å². The molecular formula is C60H107N11O12. The first-order valence-electron chi connectivity index (χ1n) is 29.7. The Morgan fingerprint density at radius 2 is 0.952 bits per heavy atom. The van der Waals surface area contributed by atoms with E-state index in [1.807, 2.05) is 48.5 Å². The van der Waals surface area contributed by atoms with E-state index in [-0.39, 0.29) is 43.4 Å². The average Bonchev–Trinajstić information content (AvgIpc) is 3.46. The van der Waals surface area contributed by atoms with Crippen molar-refractivity contribution in [1.82, 2.24) is 55.6 Å². The average molecular weight is 1170 g/mol. The van der Waals surface area contributed by atoms with E-state index in [0.29, 0.717) is 12.8 Å². The number of amides is 11. The normalized spacial score (nSPS) is 27.5. The van der Waals surface area contributed by atoms with Crippen LogP contribution in [0.3, 0.4) is 0 Å². The van der Waals surface area contributed by atoms with E-state index in [9.17, 15) is 48.3 Å². The van der Waals surface area contributed by atoms with Gasteiger partial charge >= 0.3 is 0 Å². The van der Waals surface area contributed by atoms with E-state index >= 15 is 9.59 Å². The Bertz CT molecular complexity index is 2280. The first-order chi connectivity index (χ1) is 38.4. The fourth-order valence-corrected chi connectivity index (χ4v) is 10.4. The summed E-state index contributed by atoms with van der Waals surface area (Å²) >= 11 is 0. The molecule has 5 N–H and O–H groups in total. The summed E-state index contributed by atoms with van der Waals surface area (Å²) in [5.74, 6) is -9.56. The lowest BCUT2D eigenvalue weighted by molar-refractivity contribution is -0.157. The smallest absolute Gasteiger partial charge is 0.246 e. The van der Waals surface area contributed by atoms with Gasteiger partial charge in [0.2, 0.25) is 65.0 Å². The molecule has 0 aromatic heterocycles. The van der Waals surface area contributed by atoms with Gasteiger partial charge < -0.3 is 60.7 Å². The molecule has 11 amide bonds. The molecule has 13 atom stereocenters. The molecular weight excluding hydrogens is 1070 g/mol. The summed E-state index contributed by atoms with van der Waals surface area (Å²) in [7, 11) is 9.85. The summed E-state index contributed by atoms with van der Waals surface area (Å²) in [6.07, 6.45) is 3.31. The van der Waals surface area contributed by atoms with Crippen molar-refractivity contribution in [3.05, 3.63) is 12.2 Å². The van der Waals surface area contributed by atoms with E-state index in [4.69, 9.17) is 0 Å². The fourth-order valence-electron chi connectivity index (χ4n) is 10.4. The molecule has 0 spiro atoms. The van der Waals surface area contributed by atoms with Gasteiger partial charge in [0.25, 0.3) is 0 Å². The number of aliphatic hydroxyl groups excluding tert-OH is 1. The molecule has 0 saturated carbocycles. The molecule has 0 aromatic carbocycles. The van der Waals surface area contributed by atoms with Crippen molar-refractivity contribution in [3.63, 3.8) is 0 Å². The van der Waals surface area contributed by atoms with Crippen LogP contribution < -0.4 is 21.3 Å². The highest BCUT2D eigenvalue weighted by Crippen LogP contribution is 2.25. The number of rotatable bonds is 14. The van der Waals surface area contributed by atoms with Gasteiger partial charge in [-0.1, -0.05) is 102 Å². The van der Waals surface area contributed by atoms with E-state index < -0.39 is 156 Å². The van der Waals surface area contributed by atoms with Gasteiger partial charge in [-0.05, 0) is 95.3 Å². The van der Waals surface area contributed by atoms with E-state index in [2.05, 4.69) is 21.3 Å². The summed E-state index contributed by atoms with van der Waals surface area (Å²) in [6, 6.07) is -12.3. The fraction of sp³-hybridized carbons (Fsp3) is 0.783. The van der Waals surface area contributed by atoms with Crippen LogP contribution >= 0.6 is 0 Å². The van der Waals surface area contributed by atoms with Crippen LogP contribution in [0.5, 0.6) is 0 Å². The molecule has 1 aliphatic rings. The van der Waals surface area contributed by atoms with Gasteiger partial charge in [0.05, 0.1) is 12.6 Å². The van der Waals surface area contributed by atoms with Crippen LogP contribution in [0.15, 0.2) is 12.2 Å². The van der Waals surface area contributed by atoms with Gasteiger partial charge in [-0.25, -0.2) is 0 Å². The lowest BCUT2D eigenvalue weighted by Crippen LogP contribution is -2.63. The lowest BCUT2D eigenvalue weighted by atomic mass is 9.91. The molecule has 1 aliphatic heterocycles.